The van der Waals surface area contributed by atoms with E-state index in [2.05, 4.69) is 0 Å². The van der Waals surface area contributed by atoms with Crippen LogP contribution in [0, 0.1) is 0 Å². The van der Waals surface area contributed by atoms with Crippen molar-refractivity contribution in [2.75, 3.05) is 0 Å². The second-order valence-electron chi connectivity index (χ2n) is 4.54. The molecule has 1 aliphatic rings. The number of benzene rings is 1. The summed E-state index contributed by atoms with van der Waals surface area (Å²) >= 11 is 0. The quantitative estimate of drug-likeness (QED) is 0.492. The molecule has 6 heteroatoms. The van der Waals surface area contributed by atoms with Crippen LogP contribution in [0.1, 0.15) is 18.9 Å². The number of aromatic hydroxyl groups is 2. The molecule has 1 aromatic carbocycles. The summed E-state index contributed by atoms with van der Waals surface area (Å²) in [6, 6.07) is 4.00. The average molecular weight is 290 g/mol. The van der Waals surface area contributed by atoms with Crippen LogP contribution in [0.15, 0.2) is 47.6 Å². The molecule has 0 amide bonds. The van der Waals surface area contributed by atoms with E-state index in [1.54, 1.807) is 0 Å². The minimum absolute atomic E-state index is 0.0507. The van der Waals surface area contributed by atoms with Gasteiger partial charge in [0.15, 0.2) is 23.0 Å². The molecule has 0 spiro atoms. The van der Waals surface area contributed by atoms with Gasteiger partial charge < -0.3 is 25.2 Å². The maximum atomic E-state index is 11.7. The molecule has 0 aromatic heterocycles. The summed E-state index contributed by atoms with van der Waals surface area (Å²) in [5, 5.41) is 37.3. The van der Waals surface area contributed by atoms with E-state index < -0.39 is 5.76 Å². The van der Waals surface area contributed by atoms with Crippen LogP contribution in [-0.4, -0.2) is 26.2 Å². The third-order valence-corrected chi connectivity index (χ3v) is 2.81. The van der Waals surface area contributed by atoms with Crippen LogP contribution in [0.2, 0.25) is 0 Å². The first-order valence-electron chi connectivity index (χ1n) is 6.11. The summed E-state index contributed by atoms with van der Waals surface area (Å²) in [7, 11) is 0. The highest BCUT2D eigenvalue weighted by molar-refractivity contribution is 5.98. The Morgan fingerprint density at radius 2 is 1.95 bits per heavy atom. The highest BCUT2D eigenvalue weighted by Crippen LogP contribution is 2.32. The SMILES string of the molecule is C/C(O)=C(O)\C=C1/CC(=O)C=C(c2ccc(O)c(O)c2)O1. The molecule has 21 heavy (non-hydrogen) atoms. The Morgan fingerprint density at radius 3 is 2.57 bits per heavy atom. The Hall–Kier alpha value is -2.89. The Labute approximate surface area is 120 Å². The fraction of sp³-hybridized carbons (Fsp3) is 0.133. The lowest BCUT2D eigenvalue weighted by atomic mass is 10.1. The predicted molar refractivity (Wildman–Crippen MR) is 74.5 cm³/mol. The van der Waals surface area contributed by atoms with Crippen molar-refractivity contribution in [3.63, 3.8) is 0 Å². The van der Waals surface area contributed by atoms with Crippen LogP contribution < -0.4 is 0 Å². The second-order valence-corrected chi connectivity index (χ2v) is 4.54. The van der Waals surface area contributed by atoms with E-state index in [9.17, 15) is 20.1 Å². The number of hydrogen-bond acceptors (Lipinski definition) is 6. The van der Waals surface area contributed by atoms with E-state index >= 15 is 0 Å². The lowest BCUT2D eigenvalue weighted by Crippen LogP contribution is -2.08. The summed E-state index contributed by atoms with van der Waals surface area (Å²) in [5.41, 5.74) is 0.397. The molecule has 0 atom stereocenters. The van der Waals surface area contributed by atoms with Crippen LogP contribution >= 0.6 is 0 Å². The van der Waals surface area contributed by atoms with Gasteiger partial charge in [0.25, 0.3) is 0 Å². The zero-order valence-corrected chi connectivity index (χ0v) is 11.2. The van der Waals surface area contributed by atoms with Gasteiger partial charge in [0.1, 0.15) is 17.3 Å². The van der Waals surface area contributed by atoms with Gasteiger partial charge in [0.2, 0.25) is 0 Å². The molecule has 0 saturated heterocycles. The van der Waals surface area contributed by atoms with Crippen LogP contribution in [0.25, 0.3) is 5.76 Å². The van der Waals surface area contributed by atoms with E-state index in [-0.39, 0.29) is 41.0 Å². The van der Waals surface area contributed by atoms with Crippen molar-refractivity contribution in [1.29, 1.82) is 0 Å². The summed E-state index contributed by atoms with van der Waals surface area (Å²) in [6.45, 7) is 1.30. The van der Waals surface area contributed by atoms with E-state index in [0.29, 0.717) is 5.56 Å². The molecule has 0 aliphatic carbocycles. The lowest BCUT2D eigenvalue weighted by molar-refractivity contribution is -0.114. The zero-order valence-electron chi connectivity index (χ0n) is 11.2. The molecule has 110 valence electrons. The summed E-state index contributed by atoms with van der Waals surface area (Å²) in [5.74, 6) is -1.22. The van der Waals surface area contributed by atoms with E-state index in [4.69, 9.17) is 9.84 Å². The Balaban J connectivity index is 2.35. The molecule has 1 heterocycles. The molecule has 0 bridgehead atoms. The standard InChI is InChI=1S/C15H14O6/c1-8(16)13(19)7-11-5-10(17)6-15(21-11)9-2-3-12(18)14(20)4-9/h2-4,6-7,16,18-20H,5H2,1H3/b11-7+,13-8-. The molecule has 1 aliphatic heterocycles. The summed E-state index contributed by atoms with van der Waals surface area (Å²) in [4.78, 5) is 11.7. The van der Waals surface area contributed by atoms with Gasteiger partial charge in [-0.2, -0.15) is 0 Å². The fourth-order valence-corrected chi connectivity index (χ4v) is 1.73. The molecule has 6 nitrogen and oxygen atoms in total. The molecular formula is C15H14O6. The predicted octanol–water partition coefficient (Wildman–Crippen LogP) is 2.66. The first kappa shape index (κ1) is 14.5. The molecule has 4 N–H and O–H groups in total. The first-order chi connectivity index (χ1) is 9.86. The number of aliphatic hydroxyl groups excluding tert-OH is 2. The molecule has 0 radical (unpaired) electrons. The van der Waals surface area contributed by atoms with Crippen molar-refractivity contribution in [3.8, 4) is 11.5 Å². The van der Waals surface area contributed by atoms with Crippen molar-refractivity contribution >= 4 is 11.5 Å². The topological polar surface area (TPSA) is 107 Å². The van der Waals surface area contributed by atoms with Crippen molar-refractivity contribution in [1.82, 2.24) is 0 Å². The van der Waals surface area contributed by atoms with E-state index in [1.807, 2.05) is 0 Å². The second kappa shape index (κ2) is 5.62. The Bertz CT molecular complexity index is 677. The van der Waals surface area contributed by atoms with Gasteiger partial charge in [-0.1, -0.05) is 0 Å². The zero-order chi connectivity index (χ0) is 15.6. The molecule has 0 unspecified atom stereocenters. The van der Waals surface area contributed by atoms with Gasteiger partial charge in [-0.05, 0) is 25.1 Å². The van der Waals surface area contributed by atoms with Crippen molar-refractivity contribution in [2.45, 2.75) is 13.3 Å². The maximum Gasteiger partial charge on any atom is 0.166 e. The van der Waals surface area contributed by atoms with Gasteiger partial charge in [-0.15, -0.1) is 0 Å². The number of phenolic OH excluding ortho intramolecular Hbond substituents is 2. The monoisotopic (exact) mass is 290 g/mol. The number of aliphatic hydroxyl groups is 2. The third kappa shape index (κ3) is 3.36. The lowest BCUT2D eigenvalue weighted by Gasteiger charge is -2.17. The number of carbonyl (C=O) groups excluding carboxylic acids is 1. The molecule has 0 saturated carbocycles. The van der Waals surface area contributed by atoms with Crippen molar-refractivity contribution in [3.05, 3.63) is 53.2 Å². The number of hydrogen-bond donors (Lipinski definition) is 4. The number of carbonyl (C=O) groups is 1. The number of rotatable bonds is 2. The van der Waals surface area contributed by atoms with Crippen LogP contribution in [0.3, 0.4) is 0 Å². The normalized spacial score (nSPS) is 18.0. The van der Waals surface area contributed by atoms with Gasteiger partial charge in [0, 0.05) is 17.7 Å². The van der Waals surface area contributed by atoms with Crippen LogP contribution in [-0.2, 0) is 9.53 Å². The highest BCUT2D eigenvalue weighted by atomic mass is 16.5. The summed E-state index contributed by atoms with van der Waals surface area (Å²) < 4.78 is 5.46. The minimum Gasteiger partial charge on any atom is -0.509 e. The van der Waals surface area contributed by atoms with Crippen molar-refractivity contribution in [2.24, 2.45) is 0 Å². The van der Waals surface area contributed by atoms with Crippen molar-refractivity contribution < 1.29 is 30.0 Å². The molecule has 2 rings (SSSR count). The van der Waals surface area contributed by atoms with Gasteiger partial charge in [-0.3, -0.25) is 4.79 Å². The smallest absolute Gasteiger partial charge is 0.166 e. The molecule has 1 aromatic rings. The maximum absolute atomic E-state index is 11.7. The number of ether oxygens (including phenoxy) is 1. The number of phenols is 2. The van der Waals surface area contributed by atoms with E-state index in [0.717, 1.165) is 6.08 Å². The van der Waals surface area contributed by atoms with E-state index in [1.165, 1.54) is 31.2 Å². The largest absolute Gasteiger partial charge is 0.509 e. The average Bonchev–Trinajstić information content (AvgIpc) is 2.41. The Kier molecular flexibility index (Phi) is 3.89. The Morgan fingerprint density at radius 1 is 1.24 bits per heavy atom. The minimum atomic E-state index is -0.396. The highest BCUT2D eigenvalue weighted by Gasteiger charge is 2.19. The van der Waals surface area contributed by atoms with Gasteiger partial charge >= 0.3 is 0 Å². The summed E-state index contributed by atoms with van der Waals surface area (Å²) in [6.07, 6.45) is 2.36. The van der Waals surface area contributed by atoms with Crippen LogP contribution in [0.4, 0.5) is 0 Å². The molecule has 0 fully saturated rings. The van der Waals surface area contributed by atoms with Gasteiger partial charge in [0.05, 0.1) is 6.42 Å². The van der Waals surface area contributed by atoms with Crippen LogP contribution in [0.5, 0.6) is 11.5 Å². The third-order valence-electron chi connectivity index (χ3n) is 2.81. The molecular weight excluding hydrogens is 276 g/mol. The number of ketones is 1. The fourth-order valence-electron chi connectivity index (χ4n) is 1.73. The first-order valence-corrected chi connectivity index (χ1v) is 6.11. The number of allylic oxidation sites excluding steroid dienone is 4. The van der Waals surface area contributed by atoms with Gasteiger partial charge in [-0.25, -0.2) is 0 Å².